The molecule has 0 aromatic carbocycles. The number of carbonyl (C=O) groups is 1. The molecule has 0 saturated carbocycles. The van der Waals surface area contributed by atoms with E-state index in [-0.39, 0.29) is 5.91 Å². The molecule has 1 fully saturated rings. The molecule has 1 N–H and O–H groups in total. The molecule has 1 aromatic heterocycles. The molecule has 2 aliphatic heterocycles. The number of ether oxygens (including phenoxy) is 1. The van der Waals surface area contributed by atoms with Gasteiger partial charge in [0.15, 0.2) is 0 Å². The summed E-state index contributed by atoms with van der Waals surface area (Å²) in [5.74, 6) is 0.471. The quantitative estimate of drug-likeness (QED) is 0.729. The average molecular weight is 221 g/mol. The second kappa shape index (κ2) is 3.90. The van der Waals surface area contributed by atoms with E-state index < -0.39 is 0 Å². The summed E-state index contributed by atoms with van der Waals surface area (Å²) in [7, 11) is 0. The van der Waals surface area contributed by atoms with Crippen molar-refractivity contribution in [1.29, 1.82) is 0 Å². The Morgan fingerprint density at radius 1 is 1.56 bits per heavy atom. The lowest BCUT2D eigenvalue weighted by molar-refractivity contribution is -0.121. The lowest BCUT2D eigenvalue weighted by Crippen LogP contribution is -2.26. The molecule has 3 rings (SSSR count). The molecule has 3 heterocycles. The van der Waals surface area contributed by atoms with Crippen molar-refractivity contribution in [2.24, 2.45) is 0 Å². The number of rotatable bonds is 1. The average Bonchev–Trinajstić information content (AvgIpc) is 2.86. The maximum Gasteiger partial charge on any atom is 0.241 e. The lowest BCUT2D eigenvalue weighted by Gasteiger charge is -2.02. The summed E-state index contributed by atoms with van der Waals surface area (Å²) in [4.78, 5) is 11.4. The zero-order valence-corrected chi connectivity index (χ0v) is 9.11. The van der Waals surface area contributed by atoms with Crippen LogP contribution in [0.25, 0.3) is 0 Å². The smallest absolute Gasteiger partial charge is 0.241 e. The number of nitrogens with zero attached hydrogens (tertiary/aromatic N) is 2. The van der Waals surface area contributed by atoms with Gasteiger partial charge < -0.3 is 10.1 Å². The van der Waals surface area contributed by atoms with Crippen molar-refractivity contribution in [2.75, 3.05) is 19.8 Å². The van der Waals surface area contributed by atoms with Gasteiger partial charge in [-0.15, -0.1) is 0 Å². The predicted molar refractivity (Wildman–Crippen MR) is 57.1 cm³/mol. The van der Waals surface area contributed by atoms with Crippen LogP contribution in [0.2, 0.25) is 0 Å². The van der Waals surface area contributed by atoms with Crippen molar-refractivity contribution < 1.29 is 9.53 Å². The van der Waals surface area contributed by atoms with Crippen LogP contribution < -0.4 is 5.32 Å². The minimum Gasteiger partial charge on any atom is -0.381 e. The maximum absolute atomic E-state index is 11.4. The van der Waals surface area contributed by atoms with E-state index in [1.807, 2.05) is 4.68 Å². The molecule has 5 heteroatoms. The van der Waals surface area contributed by atoms with Crippen LogP contribution >= 0.6 is 0 Å². The van der Waals surface area contributed by atoms with Crippen molar-refractivity contribution >= 4 is 5.91 Å². The van der Waals surface area contributed by atoms with Crippen LogP contribution in [0, 0.1) is 0 Å². The number of fused-ring (bicyclic) bond motifs is 1. The van der Waals surface area contributed by atoms with E-state index in [1.165, 1.54) is 0 Å². The Morgan fingerprint density at radius 3 is 3.31 bits per heavy atom. The number of carbonyl (C=O) groups excluding carboxylic acids is 1. The molecular formula is C11H15N3O2. The highest BCUT2D eigenvalue weighted by atomic mass is 16.5. The van der Waals surface area contributed by atoms with Crippen LogP contribution in [0.3, 0.4) is 0 Å². The first kappa shape index (κ1) is 9.84. The Hall–Kier alpha value is -1.36. The summed E-state index contributed by atoms with van der Waals surface area (Å²) in [6, 6.07) is 2.12. The molecule has 1 amide bonds. The molecule has 1 saturated heterocycles. The Kier molecular flexibility index (Phi) is 2.40. The van der Waals surface area contributed by atoms with Crippen molar-refractivity contribution in [2.45, 2.75) is 25.3 Å². The number of hydrogen-bond acceptors (Lipinski definition) is 3. The van der Waals surface area contributed by atoms with E-state index in [2.05, 4.69) is 16.5 Å². The van der Waals surface area contributed by atoms with Gasteiger partial charge in [-0.1, -0.05) is 0 Å². The summed E-state index contributed by atoms with van der Waals surface area (Å²) in [5.41, 5.74) is 2.24. The normalized spacial score (nSPS) is 25.0. The molecule has 86 valence electrons. The molecule has 0 aliphatic carbocycles. The second-order valence-electron chi connectivity index (χ2n) is 4.38. The summed E-state index contributed by atoms with van der Waals surface area (Å²) in [6.07, 6.45) is 1.91. The highest BCUT2D eigenvalue weighted by Crippen LogP contribution is 2.25. The van der Waals surface area contributed by atoms with Crippen LogP contribution in [0.4, 0.5) is 0 Å². The van der Waals surface area contributed by atoms with Crippen LogP contribution in [0.15, 0.2) is 6.07 Å². The lowest BCUT2D eigenvalue weighted by atomic mass is 10.0. The van der Waals surface area contributed by atoms with Crippen LogP contribution in [-0.2, 0) is 22.5 Å². The van der Waals surface area contributed by atoms with Gasteiger partial charge in [-0.3, -0.25) is 9.48 Å². The predicted octanol–water partition coefficient (Wildman–Crippen LogP) is 0.0593. The summed E-state index contributed by atoms with van der Waals surface area (Å²) < 4.78 is 7.19. The van der Waals surface area contributed by atoms with Gasteiger partial charge in [0.05, 0.1) is 12.3 Å². The SMILES string of the molecule is O=C1Cn2nc(C3CCOC3)cc2CCN1. The summed E-state index contributed by atoms with van der Waals surface area (Å²) in [6.45, 7) is 2.66. The van der Waals surface area contributed by atoms with Gasteiger partial charge in [-0.2, -0.15) is 5.10 Å². The fraction of sp³-hybridized carbons (Fsp3) is 0.636. The molecule has 0 spiro atoms. The number of hydrogen-bond donors (Lipinski definition) is 1. The fourth-order valence-corrected chi connectivity index (χ4v) is 2.31. The van der Waals surface area contributed by atoms with Gasteiger partial charge in [0.2, 0.25) is 5.91 Å². The standard InChI is InChI=1S/C11H15N3O2/c15-11-6-14-9(1-3-12-11)5-10(13-14)8-2-4-16-7-8/h5,8H,1-4,6-7H2,(H,12,15). The van der Waals surface area contributed by atoms with Gasteiger partial charge in [-0.25, -0.2) is 0 Å². The molecule has 5 nitrogen and oxygen atoms in total. The highest BCUT2D eigenvalue weighted by molar-refractivity contribution is 5.76. The minimum atomic E-state index is 0.0519. The first-order chi connectivity index (χ1) is 7.83. The van der Waals surface area contributed by atoms with E-state index in [9.17, 15) is 4.79 Å². The maximum atomic E-state index is 11.4. The highest BCUT2D eigenvalue weighted by Gasteiger charge is 2.23. The van der Waals surface area contributed by atoms with Crippen molar-refractivity contribution in [3.8, 4) is 0 Å². The number of amides is 1. The van der Waals surface area contributed by atoms with Crippen molar-refractivity contribution in [3.63, 3.8) is 0 Å². The number of aromatic nitrogens is 2. The van der Waals surface area contributed by atoms with Gasteiger partial charge >= 0.3 is 0 Å². The van der Waals surface area contributed by atoms with E-state index in [4.69, 9.17) is 4.74 Å². The van der Waals surface area contributed by atoms with Gasteiger partial charge in [0, 0.05) is 31.2 Å². The Balaban J connectivity index is 1.87. The Bertz CT molecular complexity index is 407. The Labute approximate surface area is 93.8 Å². The molecular weight excluding hydrogens is 206 g/mol. The first-order valence-electron chi connectivity index (χ1n) is 5.74. The molecule has 16 heavy (non-hydrogen) atoms. The topological polar surface area (TPSA) is 56.2 Å². The van der Waals surface area contributed by atoms with Crippen LogP contribution in [0.1, 0.15) is 23.7 Å². The van der Waals surface area contributed by atoms with E-state index in [1.54, 1.807) is 0 Å². The first-order valence-corrected chi connectivity index (χ1v) is 5.74. The third-order valence-electron chi connectivity index (χ3n) is 3.23. The third kappa shape index (κ3) is 1.71. The molecule has 1 aromatic rings. The fourth-order valence-electron chi connectivity index (χ4n) is 2.31. The molecule has 1 atom stereocenters. The zero-order valence-electron chi connectivity index (χ0n) is 9.11. The second-order valence-corrected chi connectivity index (χ2v) is 4.38. The van der Waals surface area contributed by atoms with E-state index in [0.29, 0.717) is 19.0 Å². The largest absolute Gasteiger partial charge is 0.381 e. The Morgan fingerprint density at radius 2 is 2.50 bits per heavy atom. The molecule has 0 bridgehead atoms. The van der Waals surface area contributed by atoms with Crippen molar-refractivity contribution in [3.05, 3.63) is 17.5 Å². The molecule has 2 aliphatic rings. The number of nitrogens with one attached hydrogen (secondary N) is 1. The van der Waals surface area contributed by atoms with Crippen LogP contribution in [0.5, 0.6) is 0 Å². The molecule has 1 unspecified atom stereocenters. The third-order valence-corrected chi connectivity index (χ3v) is 3.23. The monoisotopic (exact) mass is 221 g/mol. The van der Waals surface area contributed by atoms with Gasteiger partial charge in [-0.05, 0) is 12.5 Å². The van der Waals surface area contributed by atoms with Crippen LogP contribution in [-0.4, -0.2) is 35.4 Å². The van der Waals surface area contributed by atoms with E-state index >= 15 is 0 Å². The van der Waals surface area contributed by atoms with Gasteiger partial charge in [0.1, 0.15) is 6.54 Å². The minimum absolute atomic E-state index is 0.0519. The van der Waals surface area contributed by atoms with Gasteiger partial charge in [0.25, 0.3) is 0 Å². The van der Waals surface area contributed by atoms with Crippen molar-refractivity contribution in [1.82, 2.24) is 15.1 Å². The summed E-state index contributed by atoms with van der Waals surface area (Å²) in [5, 5.41) is 7.36. The summed E-state index contributed by atoms with van der Waals surface area (Å²) >= 11 is 0. The van der Waals surface area contributed by atoms with E-state index in [0.717, 1.165) is 37.4 Å². The molecule has 0 radical (unpaired) electrons. The zero-order chi connectivity index (χ0) is 11.0.